The zero-order chi connectivity index (χ0) is 9.68. The van der Waals surface area contributed by atoms with Gasteiger partial charge in [0.25, 0.3) is 0 Å². The van der Waals surface area contributed by atoms with Crippen LogP contribution in [0.3, 0.4) is 0 Å². The average molecular weight is 187 g/mol. The van der Waals surface area contributed by atoms with Crippen LogP contribution in [0, 0.1) is 0 Å². The van der Waals surface area contributed by atoms with Crippen LogP contribution < -0.4 is 0 Å². The highest BCUT2D eigenvalue weighted by molar-refractivity contribution is 5.76. The smallest absolute Gasteiger partial charge is 0.224 e. The van der Waals surface area contributed by atoms with Crippen LogP contribution in [0.5, 0.6) is 0 Å². The van der Waals surface area contributed by atoms with E-state index in [0.717, 1.165) is 0 Å². The molecular formula is C9H17NO3. The maximum Gasteiger partial charge on any atom is 0.224 e. The van der Waals surface area contributed by atoms with Gasteiger partial charge in [-0.15, -0.1) is 0 Å². The van der Waals surface area contributed by atoms with Crippen LogP contribution in [0.2, 0.25) is 0 Å². The highest BCUT2D eigenvalue weighted by Gasteiger charge is 2.20. The summed E-state index contributed by atoms with van der Waals surface area (Å²) in [7, 11) is 1.59. The Morgan fingerprint density at radius 3 is 2.69 bits per heavy atom. The van der Waals surface area contributed by atoms with Crippen molar-refractivity contribution in [1.29, 1.82) is 0 Å². The molecule has 0 aromatic carbocycles. The van der Waals surface area contributed by atoms with Crippen LogP contribution in [0.4, 0.5) is 0 Å². The first-order valence-electron chi connectivity index (χ1n) is 4.69. The van der Waals surface area contributed by atoms with Gasteiger partial charge in [0.2, 0.25) is 5.91 Å². The van der Waals surface area contributed by atoms with Gasteiger partial charge in [-0.2, -0.15) is 0 Å². The van der Waals surface area contributed by atoms with E-state index < -0.39 is 0 Å². The molecule has 1 fully saturated rings. The number of nitrogens with zero attached hydrogens (tertiary/aromatic N) is 1. The number of amides is 1. The summed E-state index contributed by atoms with van der Waals surface area (Å²) < 4.78 is 4.83. The molecule has 0 spiro atoms. The number of hydrogen-bond acceptors (Lipinski definition) is 3. The summed E-state index contributed by atoms with van der Waals surface area (Å²) >= 11 is 0. The topological polar surface area (TPSA) is 49.8 Å². The second-order valence-electron chi connectivity index (χ2n) is 3.35. The minimum Gasteiger partial charge on any atom is -0.393 e. The molecule has 0 aliphatic carbocycles. The lowest BCUT2D eigenvalue weighted by Gasteiger charge is -2.29. The Labute approximate surface area is 78.5 Å². The molecule has 0 aromatic heterocycles. The maximum atomic E-state index is 11.4. The predicted molar refractivity (Wildman–Crippen MR) is 48.3 cm³/mol. The van der Waals surface area contributed by atoms with E-state index in [-0.39, 0.29) is 12.0 Å². The molecule has 0 atom stereocenters. The number of ether oxygens (including phenoxy) is 1. The number of piperidine rings is 1. The standard InChI is InChI=1S/C9H17NO3/c1-13-7-4-9(12)10-5-2-8(11)3-6-10/h8,11H,2-7H2,1H3. The Bertz CT molecular complexity index is 164. The summed E-state index contributed by atoms with van der Waals surface area (Å²) in [4.78, 5) is 13.2. The highest BCUT2D eigenvalue weighted by atomic mass is 16.5. The van der Waals surface area contributed by atoms with E-state index in [2.05, 4.69) is 0 Å². The van der Waals surface area contributed by atoms with Gasteiger partial charge in [-0.1, -0.05) is 0 Å². The maximum absolute atomic E-state index is 11.4. The van der Waals surface area contributed by atoms with Gasteiger partial charge in [0.05, 0.1) is 19.1 Å². The van der Waals surface area contributed by atoms with Crippen LogP contribution in [0.25, 0.3) is 0 Å². The molecule has 1 N–H and O–H groups in total. The quantitative estimate of drug-likeness (QED) is 0.677. The first kappa shape index (κ1) is 10.5. The summed E-state index contributed by atoms with van der Waals surface area (Å²) in [5, 5.41) is 9.22. The third kappa shape index (κ3) is 3.32. The summed E-state index contributed by atoms with van der Waals surface area (Å²) in [5.41, 5.74) is 0. The van der Waals surface area contributed by atoms with Gasteiger partial charge in [0, 0.05) is 20.2 Å². The third-order valence-corrected chi connectivity index (χ3v) is 2.34. The number of rotatable bonds is 3. The van der Waals surface area contributed by atoms with Gasteiger partial charge >= 0.3 is 0 Å². The number of aliphatic hydroxyl groups excluding tert-OH is 1. The number of hydrogen-bond donors (Lipinski definition) is 1. The van der Waals surface area contributed by atoms with Gasteiger partial charge < -0.3 is 14.7 Å². The molecule has 0 aromatic rings. The van der Waals surface area contributed by atoms with Crippen molar-refractivity contribution in [2.45, 2.75) is 25.4 Å². The third-order valence-electron chi connectivity index (χ3n) is 2.34. The molecule has 1 heterocycles. The predicted octanol–water partition coefficient (Wildman–Crippen LogP) is 0.00620. The molecule has 4 nitrogen and oxygen atoms in total. The SMILES string of the molecule is COCCC(=O)N1CCC(O)CC1. The Hall–Kier alpha value is -0.610. The van der Waals surface area contributed by atoms with Crippen LogP contribution in [-0.4, -0.2) is 48.8 Å². The lowest BCUT2D eigenvalue weighted by Crippen LogP contribution is -2.40. The zero-order valence-corrected chi connectivity index (χ0v) is 8.03. The molecule has 1 aliphatic heterocycles. The fourth-order valence-corrected chi connectivity index (χ4v) is 1.46. The number of likely N-dealkylation sites (tertiary alicyclic amines) is 1. The molecule has 0 radical (unpaired) electrons. The Kier molecular flexibility index (Phi) is 4.18. The van der Waals surface area contributed by atoms with E-state index in [9.17, 15) is 9.90 Å². The fourth-order valence-electron chi connectivity index (χ4n) is 1.46. The molecule has 1 amide bonds. The minimum absolute atomic E-state index is 0.133. The van der Waals surface area contributed by atoms with E-state index in [4.69, 9.17) is 4.74 Å². The van der Waals surface area contributed by atoms with Gasteiger partial charge in [-0.3, -0.25) is 4.79 Å². The molecular weight excluding hydrogens is 170 g/mol. The molecule has 1 aliphatic rings. The van der Waals surface area contributed by atoms with Crippen LogP contribution in [0.15, 0.2) is 0 Å². The second-order valence-corrected chi connectivity index (χ2v) is 3.35. The molecule has 1 saturated heterocycles. The van der Waals surface area contributed by atoms with E-state index in [1.807, 2.05) is 0 Å². The van der Waals surface area contributed by atoms with E-state index in [0.29, 0.717) is 39.0 Å². The molecule has 4 heteroatoms. The number of aliphatic hydroxyl groups is 1. The van der Waals surface area contributed by atoms with Crippen LogP contribution >= 0.6 is 0 Å². The molecule has 0 unspecified atom stereocenters. The first-order valence-corrected chi connectivity index (χ1v) is 4.69. The van der Waals surface area contributed by atoms with Crippen molar-refractivity contribution in [1.82, 2.24) is 4.90 Å². The molecule has 1 rings (SSSR count). The van der Waals surface area contributed by atoms with Crippen molar-refractivity contribution in [3.63, 3.8) is 0 Å². The normalized spacial score (nSPS) is 19.1. The van der Waals surface area contributed by atoms with Crippen molar-refractivity contribution < 1.29 is 14.6 Å². The Balaban J connectivity index is 2.23. The Morgan fingerprint density at radius 1 is 1.54 bits per heavy atom. The fraction of sp³-hybridized carbons (Fsp3) is 0.889. The second kappa shape index (κ2) is 5.19. The van der Waals surface area contributed by atoms with Gasteiger partial charge in [-0.25, -0.2) is 0 Å². The van der Waals surface area contributed by atoms with Crippen molar-refractivity contribution in [2.75, 3.05) is 26.8 Å². The number of carbonyl (C=O) groups excluding carboxylic acids is 1. The Morgan fingerprint density at radius 2 is 2.15 bits per heavy atom. The number of methoxy groups -OCH3 is 1. The van der Waals surface area contributed by atoms with Crippen LogP contribution in [0.1, 0.15) is 19.3 Å². The summed E-state index contributed by atoms with van der Waals surface area (Å²) in [6.07, 6.45) is 1.65. The van der Waals surface area contributed by atoms with E-state index in [1.54, 1.807) is 12.0 Å². The van der Waals surface area contributed by atoms with Crippen LogP contribution in [-0.2, 0) is 9.53 Å². The van der Waals surface area contributed by atoms with Crippen molar-refractivity contribution in [3.05, 3.63) is 0 Å². The van der Waals surface area contributed by atoms with E-state index >= 15 is 0 Å². The molecule has 0 saturated carbocycles. The monoisotopic (exact) mass is 187 g/mol. The zero-order valence-electron chi connectivity index (χ0n) is 8.03. The van der Waals surface area contributed by atoms with Crippen molar-refractivity contribution in [2.24, 2.45) is 0 Å². The largest absolute Gasteiger partial charge is 0.393 e. The lowest BCUT2D eigenvalue weighted by atomic mass is 10.1. The minimum atomic E-state index is -0.216. The van der Waals surface area contributed by atoms with Crippen molar-refractivity contribution >= 4 is 5.91 Å². The summed E-state index contributed by atoms with van der Waals surface area (Å²) in [5.74, 6) is 0.133. The molecule has 76 valence electrons. The average Bonchev–Trinajstić information content (AvgIpc) is 2.15. The molecule has 13 heavy (non-hydrogen) atoms. The summed E-state index contributed by atoms with van der Waals surface area (Å²) in [6.45, 7) is 1.85. The molecule has 0 bridgehead atoms. The van der Waals surface area contributed by atoms with E-state index in [1.165, 1.54) is 0 Å². The van der Waals surface area contributed by atoms with Gasteiger partial charge in [0.15, 0.2) is 0 Å². The highest BCUT2D eigenvalue weighted by Crippen LogP contribution is 2.10. The van der Waals surface area contributed by atoms with Gasteiger partial charge in [0.1, 0.15) is 0 Å². The van der Waals surface area contributed by atoms with Gasteiger partial charge in [-0.05, 0) is 12.8 Å². The lowest BCUT2D eigenvalue weighted by molar-refractivity contribution is -0.134. The first-order chi connectivity index (χ1) is 6.24. The number of carbonyl (C=O) groups is 1. The summed E-state index contributed by atoms with van der Waals surface area (Å²) in [6, 6.07) is 0. The van der Waals surface area contributed by atoms with Crippen molar-refractivity contribution in [3.8, 4) is 0 Å².